The molecule has 0 fully saturated rings. The Labute approximate surface area is 129 Å². The summed E-state index contributed by atoms with van der Waals surface area (Å²) >= 11 is 5.92. The Balaban J connectivity index is 1.98. The third kappa shape index (κ3) is 4.03. The molecule has 0 saturated heterocycles. The van der Waals surface area contributed by atoms with Crippen LogP contribution in [-0.2, 0) is 13.1 Å². The van der Waals surface area contributed by atoms with E-state index in [1.165, 1.54) is 0 Å². The fourth-order valence-electron chi connectivity index (χ4n) is 2.03. The monoisotopic (exact) mass is 307 g/mol. The van der Waals surface area contributed by atoms with E-state index in [1.54, 1.807) is 32.4 Å². The fourth-order valence-corrected chi connectivity index (χ4v) is 2.22. The van der Waals surface area contributed by atoms with E-state index in [2.05, 4.69) is 5.32 Å². The number of hydrogen-bond donors (Lipinski definition) is 2. The number of rotatable bonds is 6. The Morgan fingerprint density at radius 2 is 1.76 bits per heavy atom. The van der Waals surface area contributed by atoms with E-state index >= 15 is 0 Å². The van der Waals surface area contributed by atoms with Gasteiger partial charge in [0.15, 0.2) is 11.5 Å². The molecule has 5 heteroatoms. The van der Waals surface area contributed by atoms with E-state index in [0.29, 0.717) is 29.6 Å². The molecule has 0 amide bonds. The van der Waals surface area contributed by atoms with Crippen molar-refractivity contribution in [3.8, 4) is 17.2 Å². The summed E-state index contributed by atoms with van der Waals surface area (Å²) in [7, 11) is 3.22. The van der Waals surface area contributed by atoms with E-state index < -0.39 is 0 Å². The van der Waals surface area contributed by atoms with Crippen molar-refractivity contribution < 1.29 is 14.6 Å². The minimum absolute atomic E-state index is 0.235. The van der Waals surface area contributed by atoms with Gasteiger partial charge in [0, 0.05) is 23.7 Å². The van der Waals surface area contributed by atoms with Crippen LogP contribution < -0.4 is 14.8 Å². The molecule has 21 heavy (non-hydrogen) atoms. The molecule has 2 aromatic rings. The van der Waals surface area contributed by atoms with Gasteiger partial charge in [-0.3, -0.25) is 0 Å². The summed E-state index contributed by atoms with van der Waals surface area (Å²) in [6.45, 7) is 1.17. The maximum Gasteiger partial charge on any atom is 0.161 e. The number of ether oxygens (including phenoxy) is 2. The van der Waals surface area contributed by atoms with Crippen LogP contribution in [-0.4, -0.2) is 19.3 Å². The van der Waals surface area contributed by atoms with Crippen molar-refractivity contribution in [3.05, 3.63) is 52.5 Å². The van der Waals surface area contributed by atoms with Crippen LogP contribution >= 0.6 is 11.6 Å². The lowest BCUT2D eigenvalue weighted by Gasteiger charge is -2.11. The molecule has 4 nitrogen and oxygen atoms in total. The Kier molecular flexibility index (Phi) is 5.31. The van der Waals surface area contributed by atoms with Gasteiger partial charge in [-0.1, -0.05) is 17.7 Å². The molecule has 2 aromatic carbocycles. The van der Waals surface area contributed by atoms with Crippen molar-refractivity contribution in [3.63, 3.8) is 0 Å². The van der Waals surface area contributed by atoms with Gasteiger partial charge in [-0.15, -0.1) is 0 Å². The first-order valence-corrected chi connectivity index (χ1v) is 6.91. The molecular formula is C16H18ClNO3. The van der Waals surface area contributed by atoms with E-state index in [1.807, 2.05) is 18.2 Å². The standard InChI is InChI=1S/C16H18ClNO3/c1-20-15-6-3-11(7-16(15)21-2)9-18-10-12-8-13(17)4-5-14(12)19/h3-8,18-19H,9-10H2,1-2H3. The van der Waals surface area contributed by atoms with E-state index in [0.717, 1.165) is 11.1 Å². The third-order valence-electron chi connectivity index (χ3n) is 3.13. The smallest absolute Gasteiger partial charge is 0.161 e. The number of halogens is 1. The molecule has 2 N–H and O–H groups in total. The van der Waals surface area contributed by atoms with Crippen molar-refractivity contribution >= 4 is 11.6 Å². The quantitative estimate of drug-likeness (QED) is 0.859. The Hall–Kier alpha value is -1.91. The van der Waals surface area contributed by atoms with Gasteiger partial charge in [-0.2, -0.15) is 0 Å². The van der Waals surface area contributed by atoms with Gasteiger partial charge < -0.3 is 19.9 Å². The average molecular weight is 308 g/mol. The SMILES string of the molecule is COc1ccc(CNCc2cc(Cl)ccc2O)cc1OC. The van der Waals surface area contributed by atoms with Gasteiger partial charge in [0.05, 0.1) is 14.2 Å². The Morgan fingerprint density at radius 3 is 2.48 bits per heavy atom. The molecule has 0 atom stereocenters. The molecular weight excluding hydrogens is 290 g/mol. The number of aromatic hydroxyl groups is 1. The second kappa shape index (κ2) is 7.20. The van der Waals surface area contributed by atoms with Gasteiger partial charge in [-0.05, 0) is 35.9 Å². The largest absolute Gasteiger partial charge is 0.508 e. The van der Waals surface area contributed by atoms with Crippen LogP contribution in [0.4, 0.5) is 0 Å². The zero-order valence-corrected chi connectivity index (χ0v) is 12.8. The lowest BCUT2D eigenvalue weighted by Crippen LogP contribution is -2.13. The van der Waals surface area contributed by atoms with Gasteiger partial charge in [-0.25, -0.2) is 0 Å². The minimum Gasteiger partial charge on any atom is -0.508 e. The number of phenolic OH excluding ortho intramolecular Hbond substituents is 1. The number of methoxy groups -OCH3 is 2. The minimum atomic E-state index is 0.235. The van der Waals surface area contributed by atoms with Crippen molar-refractivity contribution in [2.45, 2.75) is 13.1 Å². The molecule has 0 aromatic heterocycles. The summed E-state index contributed by atoms with van der Waals surface area (Å²) < 4.78 is 10.5. The molecule has 0 aliphatic carbocycles. The lowest BCUT2D eigenvalue weighted by molar-refractivity contribution is 0.354. The van der Waals surface area contributed by atoms with Gasteiger partial charge in [0.2, 0.25) is 0 Å². The second-order valence-corrected chi connectivity index (χ2v) is 5.00. The van der Waals surface area contributed by atoms with E-state index in [9.17, 15) is 5.11 Å². The molecule has 0 bridgehead atoms. The van der Waals surface area contributed by atoms with Crippen LogP contribution in [0, 0.1) is 0 Å². The zero-order valence-electron chi connectivity index (χ0n) is 12.0. The van der Waals surface area contributed by atoms with Crippen molar-refractivity contribution in [2.24, 2.45) is 0 Å². The highest BCUT2D eigenvalue weighted by Gasteiger charge is 2.05. The van der Waals surface area contributed by atoms with Crippen molar-refractivity contribution in [1.29, 1.82) is 0 Å². The van der Waals surface area contributed by atoms with Gasteiger partial charge in [0.25, 0.3) is 0 Å². The zero-order chi connectivity index (χ0) is 15.2. The molecule has 0 unspecified atom stereocenters. The van der Waals surface area contributed by atoms with Crippen LogP contribution in [0.5, 0.6) is 17.2 Å². The van der Waals surface area contributed by atoms with Crippen LogP contribution in [0.2, 0.25) is 5.02 Å². The maximum atomic E-state index is 9.75. The van der Waals surface area contributed by atoms with E-state index in [-0.39, 0.29) is 5.75 Å². The summed E-state index contributed by atoms with van der Waals surface area (Å²) in [5, 5.41) is 13.6. The highest BCUT2D eigenvalue weighted by atomic mass is 35.5. The normalized spacial score (nSPS) is 10.4. The molecule has 0 spiro atoms. The molecule has 0 heterocycles. The number of phenols is 1. The Bertz CT molecular complexity index is 616. The fraction of sp³-hybridized carbons (Fsp3) is 0.250. The third-order valence-corrected chi connectivity index (χ3v) is 3.37. The maximum absolute atomic E-state index is 9.75. The molecule has 0 radical (unpaired) electrons. The van der Waals surface area contributed by atoms with Crippen molar-refractivity contribution in [1.82, 2.24) is 5.32 Å². The predicted molar refractivity (Wildman–Crippen MR) is 83.2 cm³/mol. The van der Waals surface area contributed by atoms with Crippen LogP contribution in [0.25, 0.3) is 0 Å². The first kappa shape index (κ1) is 15.5. The Morgan fingerprint density at radius 1 is 1.00 bits per heavy atom. The van der Waals surface area contributed by atoms with Gasteiger partial charge in [0.1, 0.15) is 5.75 Å². The summed E-state index contributed by atoms with van der Waals surface area (Å²) in [6, 6.07) is 10.8. The topological polar surface area (TPSA) is 50.7 Å². The van der Waals surface area contributed by atoms with E-state index in [4.69, 9.17) is 21.1 Å². The number of hydrogen-bond acceptors (Lipinski definition) is 4. The average Bonchev–Trinajstić information content (AvgIpc) is 2.50. The van der Waals surface area contributed by atoms with Crippen LogP contribution in [0.1, 0.15) is 11.1 Å². The molecule has 0 saturated carbocycles. The predicted octanol–water partition coefficient (Wildman–Crippen LogP) is 3.35. The summed E-state index contributed by atoms with van der Waals surface area (Å²) in [5.41, 5.74) is 1.83. The highest BCUT2D eigenvalue weighted by Crippen LogP contribution is 2.27. The number of benzene rings is 2. The molecule has 2 rings (SSSR count). The number of nitrogens with one attached hydrogen (secondary N) is 1. The van der Waals surface area contributed by atoms with Crippen LogP contribution in [0.3, 0.4) is 0 Å². The second-order valence-electron chi connectivity index (χ2n) is 4.57. The van der Waals surface area contributed by atoms with Crippen molar-refractivity contribution in [2.75, 3.05) is 14.2 Å². The first-order chi connectivity index (χ1) is 10.1. The summed E-state index contributed by atoms with van der Waals surface area (Å²) in [4.78, 5) is 0. The summed E-state index contributed by atoms with van der Waals surface area (Å²) in [5.74, 6) is 1.63. The van der Waals surface area contributed by atoms with Crippen LogP contribution in [0.15, 0.2) is 36.4 Å². The summed E-state index contributed by atoms with van der Waals surface area (Å²) in [6.07, 6.45) is 0. The molecule has 112 valence electrons. The first-order valence-electron chi connectivity index (χ1n) is 6.53. The lowest BCUT2D eigenvalue weighted by atomic mass is 10.1. The molecule has 0 aliphatic rings. The molecule has 0 aliphatic heterocycles. The van der Waals surface area contributed by atoms with Gasteiger partial charge >= 0.3 is 0 Å². The highest BCUT2D eigenvalue weighted by molar-refractivity contribution is 6.30.